The molecule has 3 nitrogen and oxygen atoms in total. The zero-order chi connectivity index (χ0) is 15.2. The van der Waals surface area contributed by atoms with Gasteiger partial charge in [0, 0.05) is 19.1 Å². The zero-order valence-electron chi connectivity index (χ0n) is 13.7. The van der Waals surface area contributed by atoms with E-state index in [4.69, 9.17) is 5.11 Å². The fourth-order valence-electron chi connectivity index (χ4n) is 3.24. The van der Waals surface area contributed by atoms with Crippen LogP contribution in [0.4, 0.5) is 0 Å². The first-order valence-electron chi connectivity index (χ1n) is 8.27. The van der Waals surface area contributed by atoms with Crippen molar-refractivity contribution in [3.8, 4) is 0 Å². The summed E-state index contributed by atoms with van der Waals surface area (Å²) in [5.41, 5.74) is 0.371. The largest absolute Gasteiger partial charge is 0.396 e. The molecule has 118 valence electrons. The Morgan fingerprint density at radius 1 is 1.25 bits per heavy atom. The van der Waals surface area contributed by atoms with Gasteiger partial charge < -0.3 is 10.4 Å². The Hall–Kier alpha value is -0.570. The minimum absolute atomic E-state index is 0.209. The first-order chi connectivity index (χ1) is 9.38. The van der Waals surface area contributed by atoms with Gasteiger partial charge in [-0.2, -0.15) is 0 Å². The Labute approximate surface area is 124 Å². The van der Waals surface area contributed by atoms with E-state index in [-0.39, 0.29) is 18.4 Å². The van der Waals surface area contributed by atoms with E-state index in [9.17, 15) is 4.79 Å². The fraction of sp³-hybridized carbons (Fsp3) is 0.941. The van der Waals surface area contributed by atoms with Gasteiger partial charge in [-0.15, -0.1) is 0 Å². The Kier molecular flexibility index (Phi) is 7.01. The number of hydrogen-bond acceptors (Lipinski definition) is 2. The van der Waals surface area contributed by atoms with E-state index in [2.05, 4.69) is 33.0 Å². The molecule has 0 aliphatic heterocycles. The highest BCUT2D eigenvalue weighted by atomic mass is 16.3. The van der Waals surface area contributed by atoms with E-state index in [1.54, 1.807) is 0 Å². The summed E-state index contributed by atoms with van der Waals surface area (Å²) in [6, 6.07) is 0. The van der Waals surface area contributed by atoms with Gasteiger partial charge in [0.2, 0.25) is 5.91 Å². The van der Waals surface area contributed by atoms with Crippen LogP contribution >= 0.6 is 0 Å². The molecule has 20 heavy (non-hydrogen) atoms. The molecule has 0 aromatic carbocycles. The quantitative estimate of drug-likeness (QED) is 0.785. The van der Waals surface area contributed by atoms with E-state index in [1.807, 2.05) is 0 Å². The predicted molar refractivity (Wildman–Crippen MR) is 83.4 cm³/mol. The molecule has 3 heteroatoms. The lowest BCUT2D eigenvalue weighted by Gasteiger charge is -2.36. The first-order valence-corrected chi connectivity index (χ1v) is 8.27. The van der Waals surface area contributed by atoms with Crippen molar-refractivity contribution in [2.75, 3.05) is 13.2 Å². The van der Waals surface area contributed by atoms with Crippen molar-refractivity contribution < 1.29 is 9.90 Å². The minimum Gasteiger partial charge on any atom is -0.396 e. The second-order valence-electron chi connectivity index (χ2n) is 7.45. The molecule has 1 aliphatic rings. The lowest BCUT2D eigenvalue weighted by molar-refractivity contribution is -0.126. The molecule has 0 heterocycles. The zero-order valence-corrected chi connectivity index (χ0v) is 13.7. The number of hydrogen-bond donors (Lipinski definition) is 2. The van der Waals surface area contributed by atoms with Gasteiger partial charge in [0.1, 0.15) is 0 Å². The van der Waals surface area contributed by atoms with Crippen molar-refractivity contribution in [2.24, 2.45) is 23.2 Å². The summed E-state index contributed by atoms with van der Waals surface area (Å²) in [5.74, 6) is 1.60. The summed E-state index contributed by atoms with van der Waals surface area (Å²) in [4.78, 5) is 12.2. The average molecular weight is 283 g/mol. The van der Waals surface area contributed by atoms with Crippen LogP contribution in [0.15, 0.2) is 0 Å². The fourth-order valence-corrected chi connectivity index (χ4v) is 3.24. The van der Waals surface area contributed by atoms with Gasteiger partial charge in [0.25, 0.3) is 0 Å². The third kappa shape index (κ3) is 5.43. The van der Waals surface area contributed by atoms with Gasteiger partial charge >= 0.3 is 0 Å². The highest BCUT2D eigenvalue weighted by Crippen LogP contribution is 2.39. The van der Waals surface area contributed by atoms with Crippen LogP contribution in [0.3, 0.4) is 0 Å². The number of carbonyl (C=O) groups is 1. The maximum Gasteiger partial charge on any atom is 0.223 e. The number of amides is 1. The normalized spacial score (nSPS) is 25.2. The van der Waals surface area contributed by atoms with E-state index in [1.165, 1.54) is 12.8 Å². The molecule has 1 saturated carbocycles. The van der Waals surface area contributed by atoms with Gasteiger partial charge in [0.05, 0.1) is 0 Å². The van der Waals surface area contributed by atoms with Crippen LogP contribution in [0, 0.1) is 23.2 Å². The standard InChI is InChI=1S/C17H33NO2/c1-5-13(10-11-19)12-18-16(20)14-6-8-15(9-7-14)17(2,3)4/h13-15,19H,5-12H2,1-4H3,(H,18,20). The molecule has 2 N–H and O–H groups in total. The Balaban J connectivity index is 2.32. The Morgan fingerprint density at radius 2 is 1.85 bits per heavy atom. The smallest absolute Gasteiger partial charge is 0.223 e. The number of carbonyl (C=O) groups excluding carboxylic acids is 1. The van der Waals surface area contributed by atoms with Crippen LogP contribution in [0.25, 0.3) is 0 Å². The minimum atomic E-state index is 0.209. The lowest BCUT2D eigenvalue weighted by Crippen LogP contribution is -2.37. The molecule has 0 bridgehead atoms. The van der Waals surface area contributed by atoms with Crippen LogP contribution in [-0.4, -0.2) is 24.2 Å². The summed E-state index contributed by atoms with van der Waals surface area (Å²) in [6.07, 6.45) is 6.21. The molecule has 0 radical (unpaired) electrons. The van der Waals surface area contributed by atoms with Gasteiger partial charge in [-0.25, -0.2) is 0 Å². The molecule has 1 unspecified atom stereocenters. The van der Waals surface area contributed by atoms with Crippen LogP contribution in [-0.2, 0) is 4.79 Å². The first kappa shape index (κ1) is 17.5. The number of nitrogens with one attached hydrogen (secondary N) is 1. The highest BCUT2D eigenvalue weighted by molar-refractivity contribution is 5.78. The van der Waals surface area contributed by atoms with Crippen LogP contribution in [0.1, 0.15) is 66.2 Å². The Morgan fingerprint density at radius 3 is 2.30 bits per heavy atom. The molecular formula is C17H33NO2. The van der Waals surface area contributed by atoms with Crippen molar-refractivity contribution in [2.45, 2.75) is 66.2 Å². The molecule has 1 aliphatic carbocycles. The molecular weight excluding hydrogens is 250 g/mol. The SMILES string of the molecule is CCC(CCO)CNC(=O)C1CCC(C(C)(C)C)CC1. The third-order valence-electron chi connectivity index (χ3n) is 5.00. The van der Waals surface area contributed by atoms with Crippen LogP contribution in [0.2, 0.25) is 0 Å². The molecule has 0 aromatic rings. The molecule has 0 spiro atoms. The maximum atomic E-state index is 12.2. The summed E-state index contributed by atoms with van der Waals surface area (Å²) >= 11 is 0. The lowest BCUT2D eigenvalue weighted by atomic mass is 9.69. The van der Waals surface area contributed by atoms with Crippen molar-refractivity contribution in [3.63, 3.8) is 0 Å². The number of rotatable bonds is 6. The van der Waals surface area contributed by atoms with Gasteiger partial charge in [0.15, 0.2) is 0 Å². The molecule has 0 aromatic heterocycles. The van der Waals surface area contributed by atoms with Crippen molar-refractivity contribution in [3.05, 3.63) is 0 Å². The summed E-state index contributed by atoms with van der Waals surface area (Å²) in [7, 11) is 0. The third-order valence-corrected chi connectivity index (χ3v) is 5.00. The van der Waals surface area contributed by atoms with E-state index >= 15 is 0 Å². The van der Waals surface area contributed by atoms with Crippen molar-refractivity contribution >= 4 is 5.91 Å². The number of aliphatic hydroxyl groups is 1. The van der Waals surface area contributed by atoms with Crippen LogP contribution in [0.5, 0.6) is 0 Å². The highest BCUT2D eigenvalue weighted by Gasteiger charge is 2.32. The van der Waals surface area contributed by atoms with E-state index in [0.717, 1.165) is 38.1 Å². The second kappa shape index (κ2) is 8.02. The Bertz CT molecular complexity index is 288. The summed E-state index contributed by atoms with van der Waals surface area (Å²) < 4.78 is 0. The van der Waals surface area contributed by atoms with Gasteiger partial charge in [-0.05, 0) is 49.4 Å². The summed E-state index contributed by atoms with van der Waals surface area (Å²) in [5, 5.41) is 12.1. The average Bonchev–Trinajstić information content (AvgIpc) is 2.42. The molecule has 1 amide bonds. The van der Waals surface area contributed by atoms with Crippen LogP contribution < -0.4 is 5.32 Å². The second-order valence-corrected chi connectivity index (χ2v) is 7.45. The van der Waals surface area contributed by atoms with Gasteiger partial charge in [-0.1, -0.05) is 34.1 Å². The maximum absolute atomic E-state index is 12.2. The van der Waals surface area contributed by atoms with Gasteiger partial charge in [-0.3, -0.25) is 4.79 Å². The topological polar surface area (TPSA) is 49.3 Å². The monoisotopic (exact) mass is 283 g/mol. The predicted octanol–water partition coefficient (Wildman–Crippen LogP) is 3.36. The molecule has 0 saturated heterocycles. The summed E-state index contributed by atoms with van der Waals surface area (Å²) in [6.45, 7) is 9.96. The molecule has 1 fully saturated rings. The van der Waals surface area contributed by atoms with Crippen molar-refractivity contribution in [1.82, 2.24) is 5.32 Å². The molecule has 1 atom stereocenters. The molecule has 1 rings (SSSR count). The number of aliphatic hydroxyl groups excluding tert-OH is 1. The van der Waals surface area contributed by atoms with E-state index in [0.29, 0.717) is 11.3 Å². The van der Waals surface area contributed by atoms with E-state index < -0.39 is 0 Å². The van der Waals surface area contributed by atoms with Crippen molar-refractivity contribution in [1.29, 1.82) is 0 Å².